The van der Waals surface area contributed by atoms with Gasteiger partial charge in [0.25, 0.3) is 0 Å². The van der Waals surface area contributed by atoms with Crippen molar-refractivity contribution in [1.82, 2.24) is 14.6 Å². The molecule has 10 nitrogen and oxygen atoms in total. The van der Waals surface area contributed by atoms with E-state index in [-0.39, 0.29) is 46.0 Å². The number of aromatic amines is 1. The minimum Gasteiger partial charge on any atom is -0.494 e. The summed E-state index contributed by atoms with van der Waals surface area (Å²) >= 11 is 0. The molecule has 5 N–H and O–H groups in total. The fraction of sp³-hybridized carbons (Fsp3) is 0.407. The molecule has 224 valence electrons. The Balaban J connectivity index is 1.98. The SMILES string of the molecule is CC(=NCC(F)(F)F)c1c(O)[nH]c2ccc(S(=O)(=O)N(CC(C)C)CC(O)C(Cc3ccccc3)NC(=O)O)cc12. The Morgan fingerprint density at radius 3 is 2.37 bits per heavy atom. The molecular formula is C27H33F3N4O6S. The fourth-order valence-electron chi connectivity index (χ4n) is 4.44. The zero-order valence-electron chi connectivity index (χ0n) is 22.7. The van der Waals surface area contributed by atoms with Crippen molar-refractivity contribution in [2.75, 3.05) is 19.6 Å². The van der Waals surface area contributed by atoms with Crippen molar-refractivity contribution in [3.63, 3.8) is 0 Å². The topological polar surface area (TPSA) is 155 Å². The molecule has 2 unspecified atom stereocenters. The van der Waals surface area contributed by atoms with E-state index in [0.717, 1.165) is 9.87 Å². The van der Waals surface area contributed by atoms with E-state index in [2.05, 4.69) is 15.3 Å². The summed E-state index contributed by atoms with van der Waals surface area (Å²) < 4.78 is 66.8. The lowest BCUT2D eigenvalue weighted by Crippen LogP contribution is -2.50. The Labute approximate surface area is 235 Å². The van der Waals surface area contributed by atoms with E-state index < -0.39 is 53.4 Å². The number of aliphatic imine (C=N–C) groups is 1. The van der Waals surface area contributed by atoms with Crippen LogP contribution in [0.2, 0.25) is 0 Å². The molecule has 1 amide bonds. The molecule has 0 aliphatic heterocycles. The van der Waals surface area contributed by atoms with Crippen LogP contribution >= 0.6 is 0 Å². The first kappa shape index (κ1) is 31.9. The number of hydrogen-bond donors (Lipinski definition) is 5. The number of carbonyl (C=O) groups is 1. The molecule has 1 aromatic heterocycles. The predicted octanol–water partition coefficient (Wildman–Crippen LogP) is 4.13. The van der Waals surface area contributed by atoms with Crippen LogP contribution in [-0.2, 0) is 16.4 Å². The maximum absolute atomic E-state index is 13.8. The second-order valence-corrected chi connectivity index (χ2v) is 12.0. The maximum atomic E-state index is 13.8. The van der Waals surface area contributed by atoms with E-state index in [4.69, 9.17) is 0 Å². The molecule has 1 heterocycles. The van der Waals surface area contributed by atoms with Gasteiger partial charge in [0, 0.05) is 29.7 Å². The maximum Gasteiger partial charge on any atom is 0.407 e. The van der Waals surface area contributed by atoms with Crippen LogP contribution in [0.25, 0.3) is 10.9 Å². The number of amides is 1. The standard InChI is InChI=1S/C27H33F3N4O6S/c1-16(2)13-34(14-23(35)22(33-26(37)38)11-18-7-5-4-6-8-18)41(39,40)19-9-10-21-20(12-19)24(25(36)32-21)17(3)31-15-27(28,29)30/h4-10,12,16,22-23,32-33,35-36H,11,13-15H2,1-3H3,(H,37,38). The van der Waals surface area contributed by atoms with Crippen molar-refractivity contribution in [2.24, 2.45) is 10.9 Å². The van der Waals surface area contributed by atoms with Gasteiger partial charge in [-0.05, 0) is 43.0 Å². The molecule has 0 saturated heterocycles. The summed E-state index contributed by atoms with van der Waals surface area (Å²) in [5.41, 5.74) is 0.808. The zero-order chi connectivity index (χ0) is 30.5. The normalized spacial score (nSPS) is 14.5. The minimum atomic E-state index is -4.57. The lowest BCUT2D eigenvalue weighted by Gasteiger charge is -2.30. The first-order valence-electron chi connectivity index (χ1n) is 12.7. The molecule has 0 aliphatic carbocycles. The summed E-state index contributed by atoms with van der Waals surface area (Å²) in [7, 11) is -4.30. The Hall–Kier alpha value is -3.62. The van der Waals surface area contributed by atoms with Crippen molar-refractivity contribution in [3.05, 3.63) is 59.7 Å². The quantitative estimate of drug-likeness (QED) is 0.198. The smallest absolute Gasteiger partial charge is 0.407 e. The number of H-pyrrole nitrogens is 1. The second kappa shape index (κ2) is 12.9. The van der Waals surface area contributed by atoms with Gasteiger partial charge in [0.15, 0.2) is 5.88 Å². The number of rotatable bonds is 12. The number of nitrogens with one attached hydrogen (secondary N) is 2. The molecule has 0 saturated carbocycles. The summed E-state index contributed by atoms with van der Waals surface area (Å²) in [6.07, 6.45) is -7.26. The number of alkyl halides is 3. The highest BCUT2D eigenvalue weighted by Crippen LogP contribution is 2.31. The lowest BCUT2D eigenvalue weighted by molar-refractivity contribution is -0.118. The molecular weight excluding hydrogens is 565 g/mol. The number of nitrogens with zero attached hydrogens (tertiary/aromatic N) is 2. The van der Waals surface area contributed by atoms with Crippen LogP contribution in [0.15, 0.2) is 58.4 Å². The number of carboxylic acid groups (broad SMARTS) is 1. The van der Waals surface area contributed by atoms with E-state index in [0.29, 0.717) is 0 Å². The summed E-state index contributed by atoms with van der Waals surface area (Å²) in [5.74, 6) is -0.639. The number of aliphatic hydroxyl groups excluding tert-OH is 1. The third-order valence-corrected chi connectivity index (χ3v) is 8.10. The monoisotopic (exact) mass is 598 g/mol. The number of halogens is 3. The third-order valence-electron chi connectivity index (χ3n) is 6.28. The number of hydrogen-bond acceptors (Lipinski definition) is 6. The highest BCUT2D eigenvalue weighted by atomic mass is 32.2. The molecule has 0 spiro atoms. The largest absolute Gasteiger partial charge is 0.494 e. The van der Waals surface area contributed by atoms with Crippen LogP contribution in [0, 0.1) is 5.92 Å². The number of fused-ring (bicyclic) bond motifs is 1. The number of aromatic hydroxyl groups is 1. The van der Waals surface area contributed by atoms with Gasteiger partial charge < -0.3 is 25.6 Å². The Bertz CT molecular complexity index is 1490. The fourth-order valence-corrected chi connectivity index (χ4v) is 6.09. The third kappa shape index (κ3) is 8.44. The second-order valence-electron chi connectivity index (χ2n) is 10.1. The molecule has 0 aliphatic rings. The molecule has 41 heavy (non-hydrogen) atoms. The zero-order valence-corrected chi connectivity index (χ0v) is 23.5. The Kier molecular flexibility index (Phi) is 10.0. The number of aromatic nitrogens is 1. The summed E-state index contributed by atoms with van der Waals surface area (Å²) in [6.45, 7) is 2.90. The first-order valence-corrected chi connectivity index (χ1v) is 14.2. The van der Waals surface area contributed by atoms with Crippen LogP contribution in [0.3, 0.4) is 0 Å². The molecule has 14 heteroatoms. The molecule has 3 rings (SSSR count). The number of sulfonamides is 1. The Morgan fingerprint density at radius 2 is 1.78 bits per heavy atom. The van der Waals surface area contributed by atoms with Gasteiger partial charge in [0.2, 0.25) is 10.0 Å². The highest BCUT2D eigenvalue weighted by molar-refractivity contribution is 7.89. The van der Waals surface area contributed by atoms with Gasteiger partial charge >= 0.3 is 12.3 Å². The van der Waals surface area contributed by atoms with E-state index in [9.17, 15) is 41.7 Å². The van der Waals surface area contributed by atoms with E-state index in [1.54, 1.807) is 44.2 Å². The Morgan fingerprint density at radius 1 is 1.12 bits per heavy atom. The summed E-state index contributed by atoms with van der Waals surface area (Å²) in [4.78, 5) is 17.3. The minimum absolute atomic E-state index is 0.0140. The van der Waals surface area contributed by atoms with E-state index >= 15 is 0 Å². The van der Waals surface area contributed by atoms with Crippen molar-refractivity contribution >= 4 is 32.7 Å². The highest BCUT2D eigenvalue weighted by Gasteiger charge is 2.32. The van der Waals surface area contributed by atoms with Gasteiger partial charge in [0.1, 0.15) is 6.54 Å². The lowest BCUT2D eigenvalue weighted by atomic mass is 10.0. The molecule has 0 bridgehead atoms. The molecule has 0 radical (unpaired) electrons. The van der Waals surface area contributed by atoms with Crippen LogP contribution < -0.4 is 5.32 Å². The van der Waals surface area contributed by atoms with Gasteiger partial charge in [-0.1, -0.05) is 44.2 Å². The van der Waals surface area contributed by atoms with Crippen molar-refractivity contribution in [3.8, 4) is 5.88 Å². The summed E-state index contributed by atoms with van der Waals surface area (Å²) in [5, 5.41) is 33.2. The first-order chi connectivity index (χ1) is 19.1. The van der Waals surface area contributed by atoms with Crippen LogP contribution in [0.1, 0.15) is 31.9 Å². The van der Waals surface area contributed by atoms with Crippen LogP contribution in [0.4, 0.5) is 18.0 Å². The number of aliphatic hydroxyl groups is 1. The number of benzene rings is 2. The van der Waals surface area contributed by atoms with Crippen molar-refractivity contribution < 1.29 is 41.7 Å². The molecule has 2 aromatic carbocycles. The average molecular weight is 599 g/mol. The molecule has 3 aromatic rings. The van der Waals surface area contributed by atoms with E-state index in [1.165, 1.54) is 25.1 Å². The van der Waals surface area contributed by atoms with Gasteiger partial charge in [0.05, 0.1) is 22.6 Å². The van der Waals surface area contributed by atoms with Gasteiger partial charge in [-0.2, -0.15) is 17.5 Å². The van der Waals surface area contributed by atoms with Gasteiger partial charge in [-0.25, -0.2) is 13.2 Å². The van der Waals surface area contributed by atoms with Crippen LogP contribution in [0.5, 0.6) is 5.88 Å². The van der Waals surface area contributed by atoms with Crippen molar-refractivity contribution in [2.45, 2.75) is 50.4 Å². The van der Waals surface area contributed by atoms with Gasteiger partial charge in [-0.15, -0.1) is 0 Å². The average Bonchev–Trinajstić information content (AvgIpc) is 3.21. The van der Waals surface area contributed by atoms with Crippen LogP contribution in [-0.4, -0.2) is 82.8 Å². The summed E-state index contributed by atoms with van der Waals surface area (Å²) in [6, 6.07) is 11.7. The molecule has 0 fully saturated rings. The van der Waals surface area contributed by atoms with Gasteiger partial charge in [-0.3, -0.25) is 4.99 Å². The van der Waals surface area contributed by atoms with Crippen molar-refractivity contribution in [1.29, 1.82) is 0 Å². The molecule has 2 atom stereocenters. The predicted molar refractivity (Wildman–Crippen MR) is 148 cm³/mol. The van der Waals surface area contributed by atoms with E-state index in [1.807, 2.05) is 0 Å².